The van der Waals surface area contributed by atoms with Crippen molar-refractivity contribution in [1.29, 1.82) is 0 Å². The van der Waals surface area contributed by atoms with Crippen LogP contribution in [0.25, 0.3) is 0 Å². The van der Waals surface area contributed by atoms with Crippen molar-refractivity contribution in [3.63, 3.8) is 0 Å². The molecule has 0 radical (unpaired) electrons. The Kier molecular flexibility index (Phi) is 4.71. The number of methoxy groups -OCH3 is 1. The molecule has 1 atom stereocenters. The van der Waals surface area contributed by atoms with Gasteiger partial charge in [-0.25, -0.2) is 0 Å². The number of hydrogen-bond donors (Lipinski definition) is 1. The van der Waals surface area contributed by atoms with E-state index in [0.717, 1.165) is 12.1 Å². The fraction of sp³-hybridized carbons (Fsp3) is 0.455. The topological polar surface area (TPSA) is 21.3 Å². The lowest BCUT2D eigenvalue weighted by Gasteiger charge is -2.15. The highest BCUT2D eigenvalue weighted by Crippen LogP contribution is 2.34. The first kappa shape index (κ1) is 12.6. The highest BCUT2D eigenvalue weighted by Gasteiger charge is 2.12. The van der Waals surface area contributed by atoms with Gasteiger partial charge in [0.1, 0.15) is 5.75 Å². The molecule has 0 saturated heterocycles. The third kappa shape index (κ3) is 3.00. The zero-order chi connectivity index (χ0) is 11.4. The van der Waals surface area contributed by atoms with Gasteiger partial charge in [-0.3, -0.25) is 0 Å². The molecular formula is C11H15Cl2NO. The van der Waals surface area contributed by atoms with Gasteiger partial charge in [0.05, 0.1) is 12.1 Å². The monoisotopic (exact) mass is 247 g/mol. The molecule has 84 valence electrons. The van der Waals surface area contributed by atoms with E-state index >= 15 is 0 Å². The number of halogens is 2. The molecule has 0 aliphatic rings. The third-order valence-corrected chi connectivity index (χ3v) is 2.94. The van der Waals surface area contributed by atoms with Gasteiger partial charge in [0.2, 0.25) is 0 Å². The van der Waals surface area contributed by atoms with E-state index in [1.165, 1.54) is 0 Å². The van der Waals surface area contributed by atoms with Crippen LogP contribution in [0.1, 0.15) is 18.4 Å². The summed E-state index contributed by atoms with van der Waals surface area (Å²) in [4.78, 5) is 0. The van der Waals surface area contributed by atoms with Crippen LogP contribution in [0, 0.1) is 0 Å². The van der Waals surface area contributed by atoms with Crippen LogP contribution < -0.4 is 10.1 Å². The number of nitrogens with one attached hydrogen (secondary N) is 1. The van der Waals surface area contributed by atoms with Gasteiger partial charge < -0.3 is 10.1 Å². The normalized spacial score (nSPS) is 12.6. The minimum absolute atomic E-state index is 0.325. The Hall–Kier alpha value is -0.440. The Labute approximate surface area is 101 Å². The Morgan fingerprint density at radius 2 is 2.00 bits per heavy atom. The summed E-state index contributed by atoms with van der Waals surface area (Å²) >= 11 is 12.2. The van der Waals surface area contributed by atoms with Gasteiger partial charge in [0.25, 0.3) is 0 Å². The SMILES string of the molecule is CNCC(C)c1cc(Cl)c(OC)cc1Cl. The van der Waals surface area contributed by atoms with E-state index < -0.39 is 0 Å². The van der Waals surface area contributed by atoms with Crippen molar-refractivity contribution < 1.29 is 4.74 Å². The number of likely N-dealkylation sites (N-methyl/N-ethyl adjacent to an activating group) is 1. The minimum atomic E-state index is 0.325. The second kappa shape index (κ2) is 5.59. The minimum Gasteiger partial charge on any atom is -0.495 e. The quantitative estimate of drug-likeness (QED) is 0.882. The van der Waals surface area contributed by atoms with Crippen molar-refractivity contribution >= 4 is 23.2 Å². The summed E-state index contributed by atoms with van der Waals surface area (Å²) in [6, 6.07) is 3.62. The van der Waals surface area contributed by atoms with Gasteiger partial charge in [0, 0.05) is 17.6 Å². The summed E-state index contributed by atoms with van der Waals surface area (Å²) in [6.45, 7) is 2.96. The van der Waals surface area contributed by atoms with Gasteiger partial charge in [-0.05, 0) is 24.6 Å². The number of benzene rings is 1. The summed E-state index contributed by atoms with van der Waals surface area (Å²) < 4.78 is 5.09. The second-order valence-electron chi connectivity index (χ2n) is 3.47. The maximum Gasteiger partial charge on any atom is 0.138 e. The smallest absolute Gasteiger partial charge is 0.138 e. The number of hydrogen-bond acceptors (Lipinski definition) is 2. The lowest BCUT2D eigenvalue weighted by Crippen LogP contribution is -2.15. The average molecular weight is 248 g/mol. The van der Waals surface area contributed by atoms with Gasteiger partial charge in [-0.1, -0.05) is 30.1 Å². The molecule has 0 aliphatic heterocycles. The van der Waals surface area contributed by atoms with Crippen LogP contribution >= 0.6 is 23.2 Å². The van der Waals surface area contributed by atoms with Crippen LogP contribution in [0.15, 0.2) is 12.1 Å². The van der Waals surface area contributed by atoms with Gasteiger partial charge in [-0.15, -0.1) is 0 Å². The number of ether oxygens (including phenoxy) is 1. The predicted octanol–water partition coefficient (Wildman–Crippen LogP) is 3.32. The van der Waals surface area contributed by atoms with E-state index in [-0.39, 0.29) is 0 Å². The van der Waals surface area contributed by atoms with Crippen LogP contribution in [0.3, 0.4) is 0 Å². The first-order valence-electron chi connectivity index (χ1n) is 4.77. The van der Waals surface area contributed by atoms with E-state index in [2.05, 4.69) is 12.2 Å². The zero-order valence-corrected chi connectivity index (χ0v) is 10.6. The molecule has 0 heterocycles. The highest BCUT2D eigenvalue weighted by molar-refractivity contribution is 6.34. The molecule has 2 nitrogen and oxygen atoms in total. The van der Waals surface area contributed by atoms with E-state index in [9.17, 15) is 0 Å². The largest absolute Gasteiger partial charge is 0.495 e. The maximum absolute atomic E-state index is 6.14. The molecule has 1 aromatic carbocycles. The van der Waals surface area contributed by atoms with E-state index in [4.69, 9.17) is 27.9 Å². The van der Waals surface area contributed by atoms with E-state index in [1.54, 1.807) is 13.2 Å². The first-order chi connectivity index (χ1) is 7.10. The molecule has 1 aromatic rings. The van der Waals surface area contributed by atoms with Gasteiger partial charge in [-0.2, -0.15) is 0 Å². The van der Waals surface area contributed by atoms with Gasteiger partial charge in [0.15, 0.2) is 0 Å². The molecule has 0 amide bonds. The van der Waals surface area contributed by atoms with Crippen molar-refractivity contribution in [3.8, 4) is 5.75 Å². The molecule has 4 heteroatoms. The van der Waals surface area contributed by atoms with Crippen LogP contribution in [-0.4, -0.2) is 20.7 Å². The highest BCUT2D eigenvalue weighted by atomic mass is 35.5. The first-order valence-corrected chi connectivity index (χ1v) is 5.53. The third-order valence-electron chi connectivity index (χ3n) is 2.31. The molecule has 1 N–H and O–H groups in total. The van der Waals surface area contributed by atoms with Crippen molar-refractivity contribution in [3.05, 3.63) is 27.7 Å². The molecule has 1 rings (SSSR count). The summed E-state index contributed by atoms with van der Waals surface area (Å²) in [5.41, 5.74) is 1.04. The molecule has 0 aliphatic carbocycles. The molecule has 15 heavy (non-hydrogen) atoms. The summed E-state index contributed by atoms with van der Waals surface area (Å²) in [5, 5.41) is 4.40. The predicted molar refractivity (Wildman–Crippen MR) is 65.4 cm³/mol. The molecular weight excluding hydrogens is 233 g/mol. The molecule has 0 spiro atoms. The molecule has 0 bridgehead atoms. The average Bonchev–Trinajstić information content (AvgIpc) is 2.21. The molecule has 0 saturated carbocycles. The van der Waals surface area contributed by atoms with Crippen molar-refractivity contribution in [2.24, 2.45) is 0 Å². The fourth-order valence-electron chi connectivity index (χ4n) is 1.49. The van der Waals surface area contributed by atoms with Crippen LogP contribution in [-0.2, 0) is 0 Å². The molecule has 0 fully saturated rings. The van der Waals surface area contributed by atoms with Crippen LogP contribution in [0.4, 0.5) is 0 Å². The second-order valence-corrected chi connectivity index (χ2v) is 4.28. The van der Waals surface area contributed by atoms with Gasteiger partial charge >= 0.3 is 0 Å². The summed E-state index contributed by atoms with van der Waals surface area (Å²) in [6.07, 6.45) is 0. The Morgan fingerprint density at radius 1 is 1.33 bits per heavy atom. The van der Waals surface area contributed by atoms with Crippen molar-refractivity contribution in [2.75, 3.05) is 20.7 Å². The van der Waals surface area contributed by atoms with Crippen LogP contribution in [0.5, 0.6) is 5.75 Å². The number of rotatable bonds is 4. The fourth-order valence-corrected chi connectivity index (χ4v) is 2.08. The van der Waals surface area contributed by atoms with E-state index in [0.29, 0.717) is 21.7 Å². The lowest BCUT2D eigenvalue weighted by atomic mass is 10.0. The van der Waals surface area contributed by atoms with Crippen molar-refractivity contribution in [2.45, 2.75) is 12.8 Å². The Bertz CT molecular complexity index is 342. The molecule has 1 unspecified atom stereocenters. The van der Waals surface area contributed by atoms with E-state index in [1.807, 2.05) is 13.1 Å². The Balaban J connectivity index is 3.04. The summed E-state index contributed by atoms with van der Waals surface area (Å²) in [7, 11) is 3.49. The summed E-state index contributed by atoms with van der Waals surface area (Å²) in [5.74, 6) is 0.938. The standard InChI is InChI=1S/C11H15Cl2NO/c1-7(6-14-2)8-4-10(13)11(15-3)5-9(8)12/h4-5,7,14H,6H2,1-3H3. The van der Waals surface area contributed by atoms with Crippen LogP contribution in [0.2, 0.25) is 10.0 Å². The maximum atomic E-state index is 6.14. The Morgan fingerprint density at radius 3 is 2.53 bits per heavy atom. The lowest BCUT2D eigenvalue weighted by molar-refractivity contribution is 0.415. The van der Waals surface area contributed by atoms with Crippen molar-refractivity contribution in [1.82, 2.24) is 5.32 Å². The zero-order valence-electron chi connectivity index (χ0n) is 9.10. The molecule has 0 aromatic heterocycles.